The molecule has 29 heavy (non-hydrogen) atoms. The van der Waals surface area contributed by atoms with E-state index in [1.54, 1.807) is 0 Å². The Balaban J connectivity index is 0. The van der Waals surface area contributed by atoms with Crippen LogP contribution in [-0.4, -0.2) is 17.5 Å². The van der Waals surface area contributed by atoms with Crippen molar-refractivity contribution in [2.75, 3.05) is 0 Å². The highest BCUT2D eigenvalue weighted by Gasteiger charge is 2.15. The summed E-state index contributed by atoms with van der Waals surface area (Å²) in [5.41, 5.74) is 3.13. The summed E-state index contributed by atoms with van der Waals surface area (Å²) in [6, 6.07) is 16.2. The molecule has 0 aliphatic heterocycles. The zero-order valence-corrected chi connectivity index (χ0v) is 19.5. The second-order valence-corrected chi connectivity index (χ2v) is 8.46. The van der Waals surface area contributed by atoms with Gasteiger partial charge in [-0.1, -0.05) is 70.9 Å². The van der Waals surface area contributed by atoms with Gasteiger partial charge >= 0.3 is 6.09 Å². The lowest BCUT2D eigenvalue weighted by atomic mass is 10.1. The number of halogens is 1. The Morgan fingerprint density at radius 2 is 1.28 bits per heavy atom. The molecule has 0 saturated heterocycles. The number of benzene rings is 2. The Bertz CT molecular complexity index is 692. The smallest absolute Gasteiger partial charge is 0.407 e. The largest absolute Gasteiger partial charge is 0.444 e. The van der Waals surface area contributed by atoms with E-state index < -0.39 is 5.60 Å². The molecule has 0 unspecified atom stereocenters. The van der Waals surface area contributed by atoms with Crippen LogP contribution in [0.4, 0.5) is 4.79 Å². The van der Waals surface area contributed by atoms with Crippen molar-refractivity contribution in [1.29, 1.82) is 0 Å². The highest BCUT2D eigenvalue weighted by atomic mass is 79.9. The van der Waals surface area contributed by atoms with Crippen LogP contribution < -0.4 is 5.32 Å². The summed E-state index contributed by atoms with van der Waals surface area (Å²) >= 11 is 3.35. The molecule has 0 atom stereocenters. The maximum atomic E-state index is 11.4. The molecule has 2 rings (SSSR count). The van der Waals surface area contributed by atoms with E-state index in [4.69, 9.17) is 4.74 Å². The summed E-state index contributed by atoms with van der Waals surface area (Å²) in [6.07, 6.45) is -0.381. The molecule has 0 aliphatic carbocycles. The van der Waals surface area contributed by atoms with Crippen molar-refractivity contribution in [3.05, 3.63) is 69.7 Å². The predicted octanol–water partition coefficient (Wildman–Crippen LogP) is 7.01. The third-order valence-electron chi connectivity index (χ3n) is 2.97. The van der Waals surface area contributed by atoms with Crippen LogP contribution in [0.1, 0.15) is 58.7 Å². The quantitative estimate of drug-likeness (QED) is 0.518. The van der Waals surface area contributed by atoms with Gasteiger partial charge in [-0.3, -0.25) is 0 Å². The number of ether oxygens (including phenoxy) is 1. The Hall–Kier alpha value is -2.14. The average Bonchev–Trinajstić information content (AvgIpc) is 2.56. The molecule has 1 N–H and O–H groups in total. The minimum Gasteiger partial charge on any atom is -0.444 e. The fourth-order valence-corrected chi connectivity index (χ4v) is 1.99. The molecule has 0 saturated carbocycles. The van der Waals surface area contributed by atoms with E-state index in [0.717, 1.165) is 10.0 Å². The Kier molecular flexibility index (Phi) is 14.8. The number of rotatable bonds is 2. The van der Waals surface area contributed by atoms with Gasteiger partial charge in [0.25, 0.3) is 0 Å². The van der Waals surface area contributed by atoms with Crippen molar-refractivity contribution in [1.82, 2.24) is 5.32 Å². The standard InChI is InChI=1S/C13H19NO2.C7H7Br.C3H6O.CH4/c1-10-5-7-11(8-6-10)9-14-12(15)16-13(2,3)4;1-6-2-4-7(8)5-3-6;1-3(2)4;/h5-8H,9H2,1-4H3,(H,14,15);2-5H,1H3;1-2H3;1H4. The second kappa shape index (κ2) is 14.8. The first-order valence-electron chi connectivity index (χ1n) is 9.11. The number of hydrogen-bond acceptors (Lipinski definition) is 3. The number of amides is 1. The van der Waals surface area contributed by atoms with Crippen LogP contribution >= 0.6 is 15.9 Å². The number of aryl methyl sites for hydroxylation is 2. The van der Waals surface area contributed by atoms with Crippen LogP contribution in [0, 0.1) is 13.8 Å². The molecule has 162 valence electrons. The van der Waals surface area contributed by atoms with Gasteiger partial charge in [0, 0.05) is 11.0 Å². The molecular formula is C24H36BrNO3. The Labute approximate surface area is 185 Å². The highest BCUT2D eigenvalue weighted by molar-refractivity contribution is 9.10. The highest BCUT2D eigenvalue weighted by Crippen LogP contribution is 2.09. The van der Waals surface area contributed by atoms with Crippen molar-refractivity contribution in [3.63, 3.8) is 0 Å². The summed E-state index contributed by atoms with van der Waals surface area (Å²) in [7, 11) is 0. The zero-order valence-electron chi connectivity index (χ0n) is 17.9. The molecule has 2 aromatic rings. The summed E-state index contributed by atoms with van der Waals surface area (Å²) in [4.78, 5) is 20.8. The summed E-state index contributed by atoms with van der Waals surface area (Å²) < 4.78 is 6.27. The number of carbonyl (C=O) groups excluding carboxylic acids is 2. The van der Waals surface area contributed by atoms with Crippen LogP contribution in [0.5, 0.6) is 0 Å². The van der Waals surface area contributed by atoms with Gasteiger partial charge < -0.3 is 14.8 Å². The van der Waals surface area contributed by atoms with E-state index in [0.29, 0.717) is 6.54 Å². The summed E-state index contributed by atoms with van der Waals surface area (Å²) in [5, 5.41) is 2.71. The average molecular weight is 466 g/mol. The lowest BCUT2D eigenvalue weighted by Gasteiger charge is -2.19. The molecule has 2 aromatic carbocycles. The van der Waals surface area contributed by atoms with Gasteiger partial charge in [0.05, 0.1) is 0 Å². The van der Waals surface area contributed by atoms with E-state index in [2.05, 4.69) is 40.3 Å². The monoisotopic (exact) mass is 465 g/mol. The first-order chi connectivity index (χ1) is 12.9. The van der Waals surface area contributed by atoms with Gasteiger partial charge in [-0.25, -0.2) is 4.79 Å². The van der Waals surface area contributed by atoms with Gasteiger partial charge in [0.15, 0.2) is 0 Å². The minimum absolute atomic E-state index is 0. The summed E-state index contributed by atoms with van der Waals surface area (Å²) in [6.45, 7) is 13.2. The molecular weight excluding hydrogens is 430 g/mol. The maximum Gasteiger partial charge on any atom is 0.407 e. The molecule has 0 heterocycles. The fraction of sp³-hybridized carbons (Fsp3) is 0.417. The molecule has 0 aliphatic rings. The maximum absolute atomic E-state index is 11.4. The normalized spacial score (nSPS) is 9.52. The Morgan fingerprint density at radius 1 is 0.897 bits per heavy atom. The number of Topliss-reactive ketones (excluding diaryl/α,β-unsaturated/α-hetero) is 1. The van der Waals surface area contributed by atoms with Crippen LogP contribution in [0.2, 0.25) is 0 Å². The fourth-order valence-electron chi connectivity index (χ4n) is 1.73. The van der Waals surface area contributed by atoms with Crippen molar-refractivity contribution in [3.8, 4) is 0 Å². The number of alkyl carbamates (subject to hydrolysis) is 1. The van der Waals surface area contributed by atoms with E-state index in [-0.39, 0.29) is 19.3 Å². The van der Waals surface area contributed by atoms with Crippen molar-refractivity contribution < 1.29 is 14.3 Å². The molecule has 0 radical (unpaired) electrons. The Morgan fingerprint density at radius 3 is 1.62 bits per heavy atom. The first kappa shape index (κ1) is 29.1. The van der Waals surface area contributed by atoms with Crippen molar-refractivity contribution in [2.45, 2.75) is 68.0 Å². The topological polar surface area (TPSA) is 55.4 Å². The SMILES string of the molecule is C.CC(C)=O.Cc1ccc(Br)cc1.Cc1ccc(CNC(=O)OC(C)(C)C)cc1. The number of carbonyl (C=O) groups is 2. The number of ketones is 1. The number of nitrogens with one attached hydrogen (secondary N) is 1. The van der Waals surface area contributed by atoms with E-state index in [1.165, 1.54) is 25.0 Å². The third-order valence-corrected chi connectivity index (χ3v) is 3.50. The lowest BCUT2D eigenvalue weighted by Crippen LogP contribution is -2.32. The molecule has 4 nitrogen and oxygen atoms in total. The zero-order chi connectivity index (χ0) is 21.7. The van der Waals surface area contributed by atoms with Crippen LogP contribution in [0.15, 0.2) is 53.0 Å². The van der Waals surface area contributed by atoms with E-state index in [1.807, 2.05) is 64.1 Å². The molecule has 0 aromatic heterocycles. The molecule has 1 amide bonds. The molecule has 0 spiro atoms. The van der Waals surface area contributed by atoms with Gasteiger partial charge in [-0.2, -0.15) is 0 Å². The molecule has 0 bridgehead atoms. The van der Waals surface area contributed by atoms with Crippen LogP contribution in [0.25, 0.3) is 0 Å². The predicted molar refractivity (Wildman–Crippen MR) is 126 cm³/mol. The minimum atomic E-state index is -0.447. The lowest BCUT2D eigenvalue weighted by molar-refractivity contribution is -0.115. The molecule has 0 fully saturated rings. The van der Waals surface area contributed by atoms with Crippen molar-refractivity contribution in [2.24, 2.45) is 0 Å². The van der Waals surface area contributed by atoms with Crippen LogP contribution in [0.3, 0.4) is 0 Å². The van der Waals surface area contributed by atoms with Gasteiger partial charge in [0.2, 0.25) is 0 Å². The van der Waals surface area contributed by atoms with E-state index >= 15 is 0 Å². The van der Waals surface area contributed by atoms with Gasteiger partial charge in [-0.15, -0.1) is 0 Å². The third kappa shape index (κ3) is 19.0. The van der Waals surface area contributed by atoms with E-state index in [9.17, 15) is 9.59 Å². The number of hydrogen-bond donors (Lipinski definition) is 1. The van der Waals surface area contributed by atoms with Crippen LogP contribution in [-0.2, 0) is 16.1 Å². The second-order valence-electron chi connectivity index (χ2n) is 7.54. The van der Waals surface area contributed by atoms with Crippen molar-refractivity contribution >= 4 is 27.8 Å². The summed E-state index contributed by atoms with van der Waals surface area (Å²) in [5.74, 6) is 0.167. The first-order valence-corrected chi connectivity index (χ1v) is 9.90. The van der Waals surface area contributed by atoms with Gasteiger partial charge in [-0.05, 0) is 66.2 Å². The van der Waals surface area contributed by atoms with Gasteiger partial charge in [0.1, 0.15) is 11.4 Å². The molecule has 5 heteroatoms.